The third-order valence-electron chi connectivity index (χ3n) is 3.78. The smallest absolute Gasteiger partial charge is 0.339 e. The van der Waals surface area contributed by atoms with Crippen molar-refractivity contribution in [3.8, 4) is 5.75 Å². The van der Waals surface area contributed by atoms with Crippen LogP contribution in [0.25, 0.3) is 0 Å². The standard InChI is InChI=1S/C16H19F2NO4/c1-2-23-13-9-11(3-4-12(13)15(21)22)10-14(20)19-7-5-16(17,18)6-8-19/h3-4,9H,2,5-8,10H2,1H3,(H,21,22). The van der Waals surface area contributed by atoms with Crippen LogP contribution in [0.2, 0.25) is 0 Å². The number of hydrogen-bond donors (Lipinski definition) is 1. The van der Waals surface area contributed by atoms with Crippen molar-refractivity contribution in [2.45, 2.75) is 32.1 Å². The minimum atomic E-state index is -2.69. The van der Waals surface area contributed by atoms with Gasteiger partial charge in [-0.25, -0.2) is 13.6 Å². The molecule has 126 valence electrons. The molecule has 1 aromatic carbocycles. The van der Waals surface area contributed by atoms with Crippen molar-refractivity contribution in [3.05, 3.63) is 29.3 Å². The van der Waals surface area contributed by atoms with E-state index in [1.807, 2.05) is 0 Å². The lowest BCUT2D eigenvalue weighted by atomic mass is 10.0. The summed E-state index contributed by atoms with van der Waals surface area (Å²) in [6.07, 6.45) is -0.604. The first-order valence-corrected chi connectivity index (χ1v) is 7.47. The fourth-order valence-corrected chi connectivity index (χ4v) is 2.50. The van der Waals surface area contributed by atoms with Crippen LogP contribution in [0, 0.1) is 0 Å². The molecule has 0 unspecified atom stereocenters. The maximum absolute atomic E-state index is 13.1. The Morgan fingerprint density at radius 2 is 1.96 bits per heavy atom. The molecule has 0 radical (unpaired) electrons. The summed E-state index contributed by atoms with van der Waals surface area (Å²) >= 11 is 0. The summed E-state index contributed by atoms with van der Waals surface area (Å²) in [5.41, 5.74) is 0.626. The van der Waals surface area contributed by atoms with Crippen LogP contribution in [-0.4, -0.2) is 47.5 Å². The number of alkyl halides is 2. The van der Waals surface area contributed by atoms with E-state index in [2.05, 4.69) is 0 Å². The Morgan fingerprint density at radius 3 is 2.52 bits per heavy atom. The lowest BCUT2D eigenvalue weighted by Crippen LogP contribution is -2.43. The van der Waals surface area contributed by atoms with Gasteiger partial charge in [-0.3, -0.25) is 4.79 Å². The summed E-state index contributed by atoms with van der Waals surface area (Å²) in [6, 6.07) is 4.45. The monoisotopic (exact) mass is 327 g/mol. The molecule has 1 aromatic rings. The number of piperidine rings is 1. The number of carboxylic acids is 1. The molecule has 23 heavy (non-hydrogen) atoms. The highest BCUT2D eigenvalue weighted by atomic mass is 19.3. The molecule has 7 heteroatoms. The van der Waals surface area contributed by atoms with Gasteiger partial charge >= 0.3 is 5.97 Å². The third-order valence-corrected chi connectivity index (χ3v) is 3.78. The summed E-state index contributed by atoms with van der Waals surface area (Å²) in [5, 5.41) is 9.09. The molecule has 1 fully saturated rings. The maximum atomic E-state index is 13.1. The van der Waals surface area contributed by atoms with E-state index in [0.717, 1.165) is 0 Å². The molecular weight excluding hydrogens is 308 g/mol. The number of nitrogens with zero attached hydrogens (tertiary/aromatic N) is 1. The van der Waals surface area contributed by atoms with E-state index in [1.165, 1.54) is 17.0 Å². The van der Waals surface area contributed by atoms with Gasteiger partial charge in [0, 0.05) is 25.9 Å². The molecule has 5 nitrogen and oxygen atoms in total. The lowest BCUT2D eigenvalue weighted by molar-refractivity contribution is -0.136. The van der Waals surface area contributed by atoms with Gasteiger partial charge < -0.3 is 14.7 Å². The SMILES string of the molecule is CCOc1cc(CC(=O)N2CCC(F)(F)CC2)ccc1C(=O)O. The average molecular weight is 327 g/mol. The number of halogens is 2. The molecule has 1 N–H and O–H groups in total. The van der Waals surface area contributed by atoms with E-state index < -0.39 is 11.9 Å². The van der Waals surface area contributed by atoms with Crippen LogP contribution >= 0.6 is 0 Å². The Kier molecular flexibility index (Phi) is 5.18. The first-order valence-electron chi connectivity index (χ1n) is 7.47. The summed E-state index contributed by atoms with van der Waals surface area (Å²) in [7, 11) is 0. The minimum absolute atomic E-state index is 0.0284. The molecule has 0 bridgehead atoms. The van der Waals surface area contributed by atoms with E-state index in [0.29, 0.717) is 12.2 Å². The Labute approximate surface area is 132 Å². The number of aromatic carboxylic acids is 1. The number of likely N-dealkylation sites (tertiary alicyclic amines) is 1. The van der Waals surface area contributed by atoms with Crippen LogP contribution in [0.15, 0.2) is 18.2 Å². The summed E-state index contributed by atoms with van der Waals surface area (Å²) in [6.45, 7) is 2.12. The summed E-state index contributed by atoms with van der Waals surface area (Å²) < 4.78 is 31.5. The first kappa shape index (κ1) is 17.2. The van der Waals surface area contributed by atoms with Crippen molar-refractivity contribution in [1.29, 1.82) is 0 Å². The molecule has 0 spiro atoms. The highest BCUT2D eigenvalue weighted by molar-refractivity contribution is 5.91. The minimum Gasteiger partial charge on any atom is -0.493 e. The number of carbonyl (C=O) groups is 2. The van der Waals surface area contributed by atoms with Gasteiger partial charge in [-0.15, -0.1) is 0 Å². The quantitative estimate of drug-likeness (QED) is 0.903. The van der Waals surface area contributed by atoms with Crippen LogP contribution in [0.5, 0.6) is 5.75 Å². The predicted octanol–water partition coefficient (Wildman–Crippen LogP) is 2.58. The van der Waals surface area contributed by atoms with E-state index in [9.17, 15) is 18.4 Å². The molecule has 0 aliphatic carbocycles. The van der Waals surface area contributed by atoms with E-state index in [-0.39, 0.29) is 49.6 Å². The van der Waals surface area contributed by atoms with Crippen LogP contribution < -0.4 is 4.74 Å². The normalized spacial score (nSPS) is 16.9. The van der Waals surface area contributed by atoms with Gasteiger partial charge in [-0.1, -0.05) is 6.07 Å². The topological polar surface area (TPSA) is 66.8 Å². The van der Waals surface area contributed by atoms with Gasteiger partial charge in [0.25, 0.3) is 5.92 Å². The number of hydrogen-bond acceptors (Lipinski definition) is 3. The second-order valence-corrected chi connectivity index (χ2v) is 5.48. The molecule has 0 atom stereocenters. The molecule has 1 saturated heterocycles. The van der Waals surface area contributed by atoms with Crippen LogP contribution in [-0.2, 0) is 11.2 Å². The van der Waals surface area contributed by atoms with Crippen molar-refractivity contribution >= 4 is 11.9 Å². The zero-order valence-electron chi connectivity index (χ0n) is 12.8. The van der Waals surface area contributed by atoms with Gasteiger partial charge in [0.2, 0.25) is 5.91 Å². The van der Waals surface area contributed by atoms with Gasteiger partial charge in [0.15, 0.2) is 0 Å². The highest BCUT2D eigenvalue weighted by Gasteiger charge is 2.35. The summed E-state index contributed by atoms with van der Waals surface area (Å²) in [5.74, 6) is -3.84. The highest BCUT2D eigenvalue weighted by Crippen LogP contribution is 2.28. The first-order chi connectivity index (χ1) is 10.8. The Hall–Kier alpha value is -2.18. The van der Waals surface area contributed by atoms with Gasteiger partial charge in [0.05, 0.1) is 13.0 Å². The molecule has 1 aliphatic rings. The largest absolute Gasteiger partial charge is 0.493 e. The number of ether oxygens (including phenoxy) is 1. The Balaban J connectivity index is 2.06. The van der Waals surface area contributed by atoms with Crippen molar-refractivity contribution in [2.24, 2.45) is 0 Å². The number of rotatable bonds is 5. The van der Waals surface area contributed by atoms with Crippen molar-refractivity contribution in [3.63, 3.8) is 0 Å². The van der Waals surface area contributed by atoms with Gasteiger partial charge in [0.1, 0.15) is 11.3 Å². The molecule has 0 saturated carbocycles. The van der Waals surface area contributed by atoms with Crippen molar-refractivity contribution < 1.29 is 28.2 Å². The Morgan fingerprint density at radius 1 is 1.30 bits per heavy atom. The maximum Gasteiger partial charge on any atom is 0.339 e. The zero-order valence-corrected chi connectivity index (χ0v) is 12.8. The number of carbonyl (C=O) groups excluding carboxylic acids is 1. The lowest BCUT2D eigenvalue weighted by Gasteiger charge is -2.31. The third kappa shape index (κ3) is 4.40. The summed E-state index contributed by atoms with van der Waals surface area (Å²) in [4.78, 5) is 24.7. The molecule has 2 rings (SSSR count). The van der Waals surface area contributed by atoms with Crippen LogP contribution in [0.4, 0.5) is 8.78 Å². The fraction of sp³-hybridized carbons (Fsp3) is 0.500. The number of amides is 1. The van der Waals surface area contributed by atoms with Crippen molar-refractivity contribution in [1.82, 2.24) is 4.90 Å². The molecule has 1 amide bonds. The van der Waals surface area contributed by atoms with E-state index in [4.69, 9.17) is 9.84 Å². The van der Waals surface area contributed by atoms with E-state index >= 15 is 0 Å². The van der Waals surface area contributed by atoms with Crippen molar-refractivity contribution in [2.75, 3.05) is 19.7 Å². The molecule has 0 aromatic heterocycles. The fourth-order valence-electron chi connectivity index (χ4n) is 2.50. The Bertz CT molecular complexity index is 594. The molecule has 1 heterocycles. The van der Waals surface area contributed by atoms with Gasteiger partial charge in [-0.2, -0.15) is 0 Å². The molecular formula is C16H19F2NO4. The average Bonchev–Trinajstić information content (AvgIpc) is 2.47. The predicted molar refractivity (Wildman–Crippen MR) is 79.0 cm³/mol. The zero-order chi connectivity index (χ0) is 17.0. The van der Waals surface area contributed by atoms with E-state index in [1.54, 1.807) is 13.0 Å². The molecule has 1 aliphatic heterocycles. The van der Waals surface area contributed by atoms with Crippen LogP contribution in [0.3, 0.4) is 0 Å². The van der Waals surface area contributed by atoms with Crippen LogP contribution in [0.1, 0.15) is 35.7 Å². The van der Waals surface area contributed by atoms with Gasteiger partial charge in [-0.05, 0) is 24.6 Å². The second kappa shape index (κ2) is 6.93. The number of carboxylic acid groups (broad SMARTS) is 1. The second-order valence-electron chi connectivity index (χ2n) is 5.48. The number of benzene rings is 1.